The first-order valence-electron chi connectivity index (χ1n) is 8.03. The fourth-order valence-electron chi connectivity index (χ4n) is 2.92. The molecule has 23 heavy (non-hydrogen) atoms. The summed E-state index contributed by atoms with van der Waals surface area (Å²) in [7, 11) is -3.39. The van der Waals surface area contributed by atoms with Crippen molar-refractivity contribution in [2.45, 2.75) is 20.3 Å². The van der Waals surface area contributed by atoms with Crippen LogP contribution in [0.1, 0.15) is 25.8 Å². The van der Waals surface area contributed by atoms with Gasteiger partial charge in [-0.2, -0.15) is 22.3 Å². The first-order valence-corrected chi connectivity index (χ1v) is 9.43. The van der Waals surface area contributed by atoms with Crippen molar-refractivity contribution in [2.24, 2.45) is 0 Å². The third-order valence-corrected chi connectivity index (χ3v) is 6.36. The molecule has 0 N–H and O–H groups in total. The number of nitriles is 1. The highest BCUT2D eigenvalue weighted by Gasteiger charge is 2.29. The third-order valence-electron chi connectivity index (χ3n) is 4.18. The highest BCUT2D eigenvalue weighted by molar-refractivity contribution is 7.86. The van der Waals surface area contributed by atoms with E-state index in [1.54, 1.807) is 10.4 Å². The Morgan fingerprint density at radius 2 is 1.83 bits per heavy atom. The Labute approximate surface area is 139 Å². The van der Waals surface area contributed by atoms with Gasteiger partial charge in [0, 0.05) is 39.3 Å². The standard InChI is InChI=1S/C16H24N4O2S/c1-3-19(4-2)23(21,22)20-11-7-10-18(12-13-20)16-9-6-5-8-15(16)14-17/h5-6,8-9H,3-4,7,10-13H2,1-2H3. The second kappa shape index (κ2) is 7.77. The highest BCUT2D eigenvalue weighted by Crippen LogP contribution is 2.22. The molecule has 2 rings (SSSR count). The molecule has 0 aliphatic carbocycles. The SMILES string of the molecule is CCN(CC)S(=O)(=O)N1CCCN(c2ccccc2C#N)CC1. The summed E-state index contributed by atoms with van der Waals surface area (Å²) in [5, 5.41) is 9.25. The van der Waals surface area contributed by atoms with Crippen LogP contribution < -0.4 is 4.90 Å². The zero-order chi connectivity index (χ0) is 16.9. The van der Waals surface area contributed by atoms with E-state index >= 15 is 0 Å². The molecule has 0 amide bonds. The molecule has 0 radical (unpaired) electrons. The maximum absolute atomic E-state index is 12.6. The number of rotatable bonds is 5. The molecule has 6 nitrogen and oxygen atoms in total. The number of hydrogen-bond donors (Lipinski definition) is 0. The van der Waals surface area contributed by atoms with Crippen LogP contribution in [0, 0.1) is 11.3 Å². The van der Waals surface area contributed by atoms with Crippen molar-refractivity contribution in [3.05, 3.63) is 29.8 Å². The van der Waals surface area contributed by atoms with Crippen LogP contribution in [0.3, 0.4) is 0 Å². The fraction of sp³-hybridized carbons (Fsp3) is 0.562. The highest BCUT2D eigenvalue weighted by atomic mass is 32.2. The summed E-state index contributed by atoms with van der Waals surface area (Å²) in [4.78, 5) is 2.11. The molecular formula is C16H24N4O2S. The normalized spacial score (nSPS) is 17.0. The Morgan fingerprint density at radius 1 is 1.13 bits per heavy atom. The molecule has 1 saturated heterocycles. The summed E-state index contributed by atoms with van der Waals surface area (Å²) in [6, 6.07) is 9.68. The molecule has 0 aromatic heterocycles. The summed E-state index contributed by atoms with van der Waals surface area (Å²) in [6.45, 7) is 6.99. The lowest BCUT2D eigenvalue weighted by molar-refractivity contribution is 0.359. The lowest BCUT2D eigenvalue weighted by atomic mass is 10.1. The number of anilines is 1. The van der Waals surface area contributed by atoms with Crippen molar-refractivity contribution < 1.29 is 8.42 Å². The molecule has 1 fully saturated rings. The van der Waals surface area contributed by atoms with Gasteiger partial charge in [0.1, 0.15) is 6.07 Å². The maximum Gasteiger partial charge on any atom is 0.282 e. The molecule has 0 bridgehead atoms. The molecule has 126 valence electrons. The van der Waals surface area contributed by atoms with Gasteiger partial charge in [-0.15, -0.1) is 0 Å². The molecular weight excluding hydrogens is 312 g/mol. The number of hydrogen-bond acceptors (Lipinski definition) is 4. The van der Waals surface area contributed by atoms with Gasteiger partial charge in [-0.05, 0) is 18.6 Å². The quantitative estimate of drug-likeness (QED) is 0.820. The van der Waals surface area contributed by atoms with Gasteiger partial charge in [0.2, 0.25) is 0 Å². The van der Waals surface area contributed by atoms with Crippen molar-refractivity contribution in [3.63, 3.8) is 0 Å². The van der Waals surface area contributed by atoms with Crippen molar-refractivity contribution in [3.8, 4) is 6.07 Å². The van der Waals surface area contributed by atoms with Crippen LogP contribution in [0.5, 0.6) is 0 Å². The predicted octanol–water partition coefficient (Wildman–Crippen LogP) is 1.66. The lowest BCUT2D eigenvalue weighted by Crippen LogP contribution is -2.45. The van der Waals surface area contributed by atoms with Gasteiger partial charge in [0.15, 0.2) is 0 Å². The van der Waals surface area contributed by atoms with E-state index in [0.717, 1.165) is 18.7 Å². The lowest BCUT2D eigenvalue weighted by Gasteiger charge is -2.28. The van der Waals surface area contributed by atoms with Crippen molar-refractivity contribution in [1.82, 2.24) is 8.61 Å². The summed E-state index contributed by atoms with van der Waals surface area (Å²) in [5.41, 5.74) is 1.52. The molecule has 0 saturated carbocycles. The minimum absolute atomic E-state index is 0.443. The van der Waals surface area contributed by atoms with Crippen LogP contribution >= 0.6 is 0 Å². The number of benzene rings is 1. The molecule has 0 atom stereocenters. The Hall–Kier alpha value is -1.62. The van der Waals surface area contributed by atoms with Crippen LogP contribution in [-0.4, -0.2) is 56.3 Å². The van der Waals surface area contributed by atoms with E-state index < -0.39 is 10.2 Å². The van der Waals surface area contributed by atoms with E-state index in [4.69, 9.17) is 0 Å². The van der Waals surface area contributed by atoms with Crippen LogP contribution in [0.4, 0.5) is 5.69 Å². The molecule has 0 unspecified atom stereocenters. The minimum atomic E-state index is -3.39. The zero-order valence-electron chi connectivity index (χ0n) is 13.8. The predicted molar refractivity (Wildman–Crippen MR) is 91.4 cm³/mol. The van der Waals surface area contributed by atoms with Crippen LogP contribution in [-0.2, 0) is 10.2 Å². The van der Waals surface area contributed by atoms with E-state index in [1.165, 1.54) is 4.31 Å². The molecule has 1 aliphatic heterocycles. The number of nitrogens with zero attached hydrogens (tertiary/aromatic N) is 4. The third kappa shape index (κ3) is 3.83. The molecule has 1 aromatic rings. The monoisotopic (exact) mass is 336 g/mol. The zero-order valence-corrected chi connectivity index (χ0v) is 14.6. The van der Waals surface area contributed by atoms with Crippen molar-refractivity contribution in [2.75, 3.05) is 44.2 Å². The Kier molecular flexibility index (Phi) is 5.99. The minimum Gasteiger partial charge on any atom is -0.369 e. The number of para-hydroxylation sites is 1. The second-order valence-corrected chi connectivity index (χ2v) is 7.39. The largest absolute Gasteiger partial charge is 0.369 e. The molecule has 0 spiro atoms. The van der Waals surface area contributed by atoms with Gasteiger partial charge in [-0.1, -0.05) is 26.0 Å². The first kappa shape index (κ1) is 17.7. The van der Waals surface area contributed by atoms with Gasteiger partial charge in [0.25, 0.3) is 10.2 Å². The van der Waals surface area contributed by atoms with Gasteiger partial charge in [-0.3, -0.25) is 0 Å². The topological polar surface area (TPSA) is 67.7 Å². The van der Waals surface area contributed by atoms with Crippen LogP contribution in [0.2, 0.25) is 0 Å². The summed E-state index contributed by atoms with van der Waals surface area (Å²) in [5.74, 6) is 0. The van der Waals surface area contributed by atoms with Gasteiger partial charge < -0.3 is 4.90 Å². The first-order chi connectivity index (χ1) is 11.0. The van der Waals surface area contributed by atoms with E-state index in [9.17, 15) is 13.7 Å². The summed E-state index contributed by atoms with van der Waals surface area (Å²) < 4.78 is 28.4. The molecule has 1 heterocycles. The van der Waals surface area contributed by atoms with Gasteiger partial charge in [-0.25, -0.2) is 0 Å². The molecule has 1 aromatic carbocycles. The fourth-order valence-corrected chi connectivity index (χ4v) is 4.57. The van der Waals surface area contributed by atoms with E-state index in [0.29, 0.717) is 38.3 Å². The van der Waals surface area contributed by atoms with E-state index in [1.807, 2.05) is 32.0 Å². The van der Waals surface area contributed by atoms with Crippen LogP contribution in [0.15, 0.2) is 24.3 Å². The Bertz CT molecular complexity index is 665. The van der Waals surface area contributed by atoms with Gasteiger partial charge >= 0.3 is 0 Å². The summed E-state index contributed by atoms with van der Waals surface area (Å²) in [6.07, 6.45) is 0.750. The van der Waals surface area contributed by atoms with E-state index in [-0.39, 0.29) is 0 Å². The summed E-state index contributed by atoms with van der Waals surface area (Å²) >= 11 is 0. The smallest absolute Gasteiger partial charge is 0.282 e. The molecule has 7 heteroatoms. The Morgan fingerprint density at radius 3 is 2.48 bits per heavy atom. The second-order valence-electron chi connectivity index (χ2n) is 5.46. The maximum atomic E-state index is 12.6. The van der Waals surface area contributed by atoms with E-state index in [2.05, 4.69) is 11.0 Å². The van der Waals surface area contributed by atoms with Crippen LogP contribution in [0.25, 0.3) is 0 Å². The van der Waals surface area contributed by atoms with Crippen molar-refractivity contribution >= 4 is 15.9 Å². The molecule has 1 aliphatic rings. The van der Waals surface area contributed by atoms with Crippen molar-refractivity contribution in [1.29, 1.82) is 5.26 Å². The average molecular weight is 336 g/mol. The Balaban J connectivity index is 2.16. The van der Waals surface area contributed by atoms with Gasteiger partial charge in [0.05, 0.1) is 11.3 Å². The average Bonchev–Trinajstić information content (AvgIpc) is 2.82.